The SMILES string of the molecule is CCCN(CC1OC(C)CC(C)O1)C(=O)C(Cl)Cl. The van der Waals surface area contributed by atoms with Crippen LogP contribution in [0.1, 0.15) is 33.6 Å². The zero-order chi connectivity index (χ0) is 13.7. The predicted octanol–water partition coefficient (Wildman–Crippen LogP) is 2.57. The number of hydrogen-bond donors (Lipinski definition) is 0. The number of alkyl halides is 2. The van der Waals surface area contributed by atoms with Crippen LogP contribution in [-0.4, -0.2) is 47.2 Å². The van der Waals surface area contributed by atoms with Crippen molar-refractivity contribution in [3.63, 3.8) is 0 Å². The van der Waals surface area contributed by atoms with Crippen LogP contribution in [0.25, 0.3) is 0 Å². The number of carbonyl (C=O) groups is 1. The van der Waals surface area contributed by atoms with Crippen LogP contribution in [0, 0.1) is 0 Å². The number of halogens is 2. The Morgan fingerprint density at radius 1 is 1.33 bits per heavy atom. The van der Waals surface area contributed by atoms with Crippen LogP contribution in [0.2, 0.25) is 0 Å². The maximum atomic E-state index is 11.8. The molecule has 0 aliphatic carbocycles. The molecule has 2 atom stereocenters. The lowest BCUT2D eigenvalue weighted by Gasteiger charge is -2.35. The van der Waals surface area contributed by atoms with Crippen molar-refractivity contribution in [1.82, 2.24) is 4.90 Å². The van der Waals surface area contributed by atoms with Crippen molar-refractivity contribution in [3.05, 3.63) is 0 Å². The molecule has 1 saturated heterocycles. The van der Waals surface area contributed by atoms with Gasteiger partial charge in [0.25, 0.3) is 5.91 Å². The van der Waals surface area contributed by atoms with Gasteiger partial charge in [0.15, 0.2) is 11.1 Å². The first-order valence-corrected chi connectivity index (χ1v) is 7.19. The van der Waals surface area contributed by atoms with Crippen LogP contribution in [-0.2, 0) is 14.3 Å². The lowest BCUT2D eigenvalue weighted by molar-refractivity contribution is -0.239. The van der Waals surface area contributed by atoms with Gasteiger partial charge in [0.2, 0.25) is 0 Å². The second kappa shape index (κ2) is 7.53. The van der Waals surface area contributed by atoms with E-state index in [0.29, 0.717) is 13.1 Å². The minimum atomic E-state index is -1.03. The maximum Gasteiger partial charge on any atom is 0.256 e. The number of hydrogen-bond acceptors (Lipinski definition) is 3. The third kappa shape index (κ3) is 4.92. The average Bonchev–Trinajstić information content (AvgIpc) is 2.26. The third-order valence-corrected chi connectivity index (χ3v) is 3.17. The summed E-state index contributed by atoms with van der Waals surface area (Å²) in [5.74, 6) is -0.293. The van der Waals surface area contributed by atoms with Crippen molar-refractivity contribution >= 4 is 29.1 Å². The largest absolute Gasteiger partial charge is 0.348 e. The van der Waals surface area contributed by atoms with Crippen molar-refractivity contribution in [2.24, 2.45) is 0 Å². The van der Waals surface area contributed by atoms with E-state index in [1.54, 1.807) is 4.90 Å². The average molecular weight is 298 g/mol. The Morgan fingerprint density at radius 3 is 2.33 bits per heavy atom. The van der Waals surface area contributed by atoms with Crippen LogP contribution in [0.4, 0.5) is 0 Å². The Kier molecular flexibility index (Phi) is 6.71. The Hall–Kier alpha value is -0.0300. The highest BCUT2D eigenvalue weighted by atomic mass is 35.5. The first-order chi connectivity index (χ1) is 8.43. The molecule has 0 N–H and O–H groups in total. The summed E-state index contributed by atoms with van der Waals surface area (Å²) in [7, 11) is 0. The lowest BCUT2D eigenvalue weighted by Crippen LogP contribution is -2.46. The number of ether oxygens (including phenoxy) is 2. The molecule has 0 aromatic heterocycles. The standard InChI is InChI=1S/C12H21Cl2NO3/c1-4-5-15(12(16)11(13)14)7-10-17-8(2)6-9(3)18-10/h8-11H,4-7H2,1-3H3. The van der Waals surface area contributed by atoms with Gasteiger partial charge in [-0.1, -0.05) is 30.1 Å². The second-order valence-electron chi connectivity index (χ2n) is 4.64. The smallest absolute Gasteiger partial charge is 0.256 e. The molecule has 2 unspecified atom stereocenters. The quantitative estimate of drug-likeness (QED) is 0.732. The van der Waals surface area contributed by atoms with Crippen molar-refractivity contribution < 1.29 is 14.3 Å². The molecule has 0 radical (unpaired) electrons. The van der Waals surface area contributed by atoms with Crippen LogP contribution < -0.4 is 0 Å². The first kappa shape index (κ1) is 16.0. The number of amides is 1. The van der Waals surface area contributed by atoms with E-state index in [2.05, 4.69) is 0 Å². The molecule has 6 heteroatoms. The molecule has 1 heterocycles. The molecule has 0 spiro atoms. The Morgan fingerprint density at radius 2 is 1.89 bits per heavy atom. The summed E-state index contributed by atoms with van der Waals surface area (Å²) in [5.41, 5.74) is 0. The van der Waals surface area contributed by atoms with Gasteiger partial charge in [0.1, 0.15) is 0 Å². The summed E-state index contributed by atoms with van der Waals surface area (Å²) in [4.78, 5) is 12.4. The fourth-order valence-electron chi connectivity index (χ4n) is 2.09. The minimum absolute atomic E-state index is 0.139. The molecule has 1 aliphatic rings. The molecule has 1 aliphatic heterocycles. The molecule has 1 fully saturated rings. The summed E-state index contributed by atoms with van der Waals surface area (Å²) < 4.78 is 11.3. The van der Waals surface area contributed by atoms with Gasteiger partial charge in [-0.05, 0) is 26.7 Å². The third-order valence-electron chi connectivity index (χ3n) is 2.79. The molecule has 106 valence electrons. The van der Waals surface area contributed by atoms with E-state index >= 15 is 0 Å². The zero-order valence-electron chi connectivity index (χ0n) is 11.1. The molecular formula is C12H21Cl2NO3. The molecule has 0 aromatic rings. The zero-order valence-corrected chi connectivity index (χ0v) is 12.6. The molecule has 4 nitrogen and oxygen atoms in total. The summed E-state index contributed by atoms with van der Waals surface area (Å²) in [6.45, 7) is 6.97. The van der Waals surface area contributed by atoms with Crippen molar-refractivity contribution in [1.29, 1.82) is 0 Å². The summed E-state index contributed by atoms with van der Waals surface area (Å²) in [6.07, 6.45) is 1.59. The van der Waals surface area contributed by atoms with Gasteiger partial charge in [-0.2, -0.15) is 0 Å². The predicted molar refractivity (Wildman–Crippen MR) is 71.9 cm³/mol. The normalized spacial score (nSPS) is 28.4. The van der Waals surface area contributed by atoms with Crippen LogP contribution in [0.3, 0.4) is 0 Å². The van der Waals surface area contributed by atoms with Gasteiger partial charge in [-0.15, -0.1) is 0 Å². The minimum Gasteiger partial charge on any atom is -0.348 e. The van der Waals surface area contributed by atoms with Gasteiger partial charge >= 0.3 is 0 Å². The highest BCUT2D eigenvalue weighted by molar-refractivity contribution is 6.53. The first-order valence-electron chi connectivity index (χ1n) is 6.31. The van der Waals surface area contributed by atoms with Crippen molar-refractivity contribution in [2.45, 2.75) is 56.9 Å². The van der Waals surface area contributed by atoms with Gasteiger partial charge < -0.3 is 14.4 Å². The summed E-state index contributed by atoms with van der Waals surface area (Å²) >= 11 is 11.3. The van der Waals surface area contributed by atoms with Gasteiger partial charge in [0.05, 0.1) is 18.8 Å². The van der Waals surface area contributed by atoms with Gasteiger partial charge in [-0.3, -0.25) is 4.79 Å². The van der Waals surface area contributed by atoms with Crippen molar-refractivity contribution in [3.8, 4) is 0 Å². The fraction of sp³-hybridized carbons (Fsp3) is 0.917. The van der Waals surface area contributed by atoms with Gasteiger partial charge in [-0.25, -0.2) is 0 Å². The van der Waals surface area contributed by atoms with E-state index in [1.165, 1.54) is 0 Å². The van der Waals surface area contributed by atoms with Crippen LogP contribution in [0.5, 0.6) is 0 Å². The Labute approximate surface area is 119 Å². The molecule has 0 saturated carbocycles. The molecule has 18 heavy (non-hydrogen) atoms. The monoisotopic (exact) mass is 297 g/mol. The second-order valence-corrected chi connectivity index (χ2v) is 5.74. The summed E-state index contributed by atoms with van der Waals surface area (Å²) in [5, 5.41) is 0. The van der Waals surface area contributed by atoms with E-state index in [9.17, 15) is 4.79 Å². The van der Waals surface area contributed by atoms with Crippen LogP contribution in [0.15, 0.2) is 0 Å². The number of carbonyl (C=O) groups excluding carboxylic acids is 1. The summed E-state index contributed by atoms with van der Waals surface area (Å²) in [6, 6.07) is 0. The van der Waals surface area contributed by atoms with E-state index < -0.39 is 11.1 Å². The molecule has 0 bridgehead atoms. The van der Waals surface area contributed by atoms with Crippen molar-refractivity contribution in [2.75, 3.05) is 13.1 Å². The Bertz CT molecular complexity index is 266. The highest BCUT2D eigenvalue weighted by Gasteiger charge is 2.29. The van der Waals surface area contributed by atoms with Gasteiger partial charge in [0, 0.05) is 6.54 Å². The number of rotatable bonds is 5. The Balaban J connectivity index is 2.57. The number of nitrogens with zero attached hydrogens (tertiary/aromatic N) is 1. The lowest BCUT2D eigenvalue weighted by atomic mass is 10.2. The maximum absolute atomic E-state index is 11.8. The molecule has 1 rings (SSSR count). The van der Waals surface area contributed by atoms with Crippen LogP contribution >= 0.6 is 23.2 Å². The van der Waals surface area contributed by atoms with E-state index in [-0.39, 0.29) is 18.1 Å². The molecular weight excluding hydrogens is 277 g/mol. The fourth-order valence-corrected chi connectivity index (χ4v) is 2.37. The topological polar surface area (TPSA) is 38.8 Å². The van der Waals surface area contributed by atoms with E-state index in [0.717, 1.165) is 12.8 Å². The molecule has 0 aromatic carbocycles. The molecule has 1 amide bonds. The highest BCUT2D eigenvalue weighted by Crippen LogP contribution is 2.19. The van der Waals surface area contributed by atoms with E-state index in [1.807, 2.05) is 20.8 Å². The van der Waals surface area contributed by atoms with E-state index in [4.69, 9.17) is 32.7 Å².